The molecular weight excluding hydrogens is 272 g/mol. The number of benzene rings is 1. The van der Waals surface area contributed by atoms with Crippen molar-refractivity contribution in [2.45, 2.75) is 13.5 Å². The highest BCUT2D eigenvalue weighted by molar-refractivity contribution is 9.10. The average molecular weight is 283 g/mol. The summed E-state index contributed by atoms with van der Waals surface area (Å²) in [5.41, 5.74) is 4.27. The van der Waals surface area contributed by atoms with Crippen LogP contribution in [0.25, 0.3) is 0 Å². The summed E-state index contributed by atoms with van der Waals surface area (Å²) in [6.07, 6.45) is 1.89. The Kier molecular flexibility index (Phi) is 3.38. The van der Waals surface area contributed by atoms with Gasteiger partial charge in [0.05, 0.1) is 12.1 Å². The molecule has 0 aliphatic carbocycles. The summed E-state index contributed by atoms with van der Waals surface area (Å²) in [6, 6.07) is 6.23. The van der Waals surface area contributed by atoms with Crippen LogP contribution >= 0.6 is 27.3 Å². The quantitative estimate of drug-likeness (QED) is 0.926. The van der Waals surface area contributed by atoms with Crippen molar-refractivity contribution in [1.82, 2.24) is 4.98 Å². The van der Waals surface area contributed by atoms with Crippen LogP contribution in [0.5, 0.6) is 0 Å². The Bertz CT molecular complexity index is 440. The molecular formula is C11H11BrN2S. The average Bonchev–Trinajstić information content (AvgIpc) is 2.69. The van der Waals surface area contributed by atoms with Gasteiger partial charge in [0.1, 0.15) is 0 Å². The molecule has 0 unspecified atom stereocenters. The Balaban J connectivity index is 2.05. The van der Waals surface area contributed by atoms with Crippen LogP contribution in [-0.4, -0.2) is 4.98 Å². The SMILES string of the molecule is Cc1cc(Br)ccc1NCc1cncs1. The van der Waals surface area contributed by atoms with Crippen molar-refractivity contribution < 1.29 is 0 Å². The van der Waals surface area contributed by atoms with Gasteiger partial charge < -0.3 is 5.32 Å². The van der Waals surface area contributed by atoms with E-state index in [4.69, 9.17) is 0 Å². The molecule has 1 aromatic heterocycles. The van der Waals surface area contributed by atoms with Crippen molar-refractivity contribution in [1.29, 1.82) is 0 Å². The molecule has 4 heteroatoms. The van der Waals surface area contributed by atoms with Gasteiger partial charge in [-0.1, -0.05) is 15.9 Å². The number of anilines is 1. The molecule has 0 saturated heterocycles. The zero-order valence-electron chi connectivity index (χ0n) is 8.33. The third-order valence-corrected chi connectivity index (χ3v) is 3.40. The Morgan fingerprint density at radius 3 is 3.00 bits per heavy atom. The molecule has 0 amide bonds. The number of nitrogens with one attached hydrogen (secondary N) is 1. The fourth-order valence-electron chi connectivity index (χ4n) is 1.34. The van der Waals surface area contributed by atoms with E-state index in [-0.39, 0.29) is 0 Å². The minimum Gasteiger partial charge on any atom is -0.380 e. The normalized spacial score (nSPS) is 10.3. The first-order valence-electron chi connectivity index (χ1n) is 4.63. The van der Waals surface area contributed by atoms with Crippen LogP contribution in [0.3, 0.4) is 0 Å². The topological polar surface area (TPSA) is 24.9 Å². The fraction of sp³-hybridized carbons (Fsp3) is 0.182. The van der Waals surface area contributed by atoms with Crippen molar-refractivity contribution in [2.75, 3.05) is 5.32 Å². The van der Waals surface area contributed by atoms with E-state index < -0.39 is 0 Å². The lowest BCUT2D eigenvalue weighted by Crippen LogP contribution is -1.99. The molecule has 0 saturated carbocycles. The second kappa shape index (κ2) is 4.77. The molecule has 2 aromatic rings. The third-order valence-electron chi connectivity index (χ3n) is 2.12. The van der Waals surface area contributed by atoms with E-state index in [1.807, 2.05) is 17.8 Å². The van der Waals surface area contributed by atoms with Gasteiger partial charge in [-0.15, -0.1) is 11.3 Å². The highest BCUT2D eigenvalue weighted by atomic mass is 79.9. The van der Waals surface area contributed by atoms with E-state index in [9.17, 15) is 0 Å². The second-order valence-electron chi connectivity index (χ2n) is 3.28. The standard InChI is InChI=1S/C11H11BrN2S/c1-8-4-9(12)2-3-11(8)14-6-10-5-13-7-15-10/h2-5,7,14H,6H2,1H3. The van der Waals surface area contributed by atoms with Gasteiger partial charge in [-0.25, -0.2) is 0 Å². The molecule has 2 rings (SSSR count). The third kappa shape index (κ3) is 2.79. The summed E-state index contributed by atoms with van der Waals surface area (Å²) in [7, 11) is 0. The minimum atomic E-state index is 0.840. The van der Waals surface area contributed by atoms with Gasteiger partial charge in [0.15, 0.2) is 0 Å². The van der Waals surface area contributed by atoms with Gasteiger partial charge in [0.25, 0.3) is 0 Å². The summed E-state index contributed by atoms with van der Waals surface area (Å²) in [5, 5.41) is 3.39. The molecule has 2 nitrogen and oxygen atoms in total. The molecule has 1 N–H and O–H groups in total. The van der Waals surface area contributed by atoms with E-state index >= 15 is 0 Å². The molecule has 1 heterocycles. The van der Waals surface area contributed by atoms with Crippen molar-refractivity contribution in [3.63, 3.8) is 0 Å². The van der Waals surface area contributed by atoms with E-state index in [1.54, 1.807) is 11.3 Å². The van der Waals surface area contributed by atoms with Crippen LogP contribution in [0.2, 0.25) is 0 Å². The zero-order chi connectivity index (χ0) is 10.7. The first-order chi connectivity index (χ1) is 7.25. The smallest absolute Gasteiger partial charge is 0.0794 e. The van der Waals surface area contributed by atoms with Crippen LogP contribution in [0, 0.1) is 6.92 Å². The van der Waals surface area contributed by atoms with Crippen LogP contribution in [0.4, 0.5) is 5.69 Å². The molecule has 0 aliphatic heterocycles. The predicted molar refractivity (Wildman–Crippen MR) is 68.3 cm³/mol. The Hall–Kier alpha value is -0.870. The number of hydrogen-bond acceptors (Lipinski definition) is 3. The first kappa shape index (κ1) is 10.6. The largest absolute Gasteiger partial charge is 0.380 e. The highest BCUT2D eigenvalue weighted by Crippen LogP contribution is 2.20. The molecule has 0 spiro atoms. The first-order valence-corrected chi connectivity index (χ1v) is 6.30. The lowest BCUT2D eigenvalue weighted by Gasteiger charge is -2.08. The van der Waals surface area contributed by atoms with Gasteiger partial charge in [0, 0.05) is 21.2 Å². The summed E-state index contributed by atoms with van der Waals surface area (Å²) < 4.78 is 1.11. The molecule has 0 bridgehead atoms. The van der Waals surface area contributed by atoms with Crippen LogP contribution in [0.15, 0.2) is 34.4 Å². The number of hydrogen-bond donors (Lipinski definition) is 1. The van der Waals surface area contributed by atoms with Crippen LogP contribution in [0.1, 0.15) is 10.4 Å². The molecule has 15 heavy (non-hydrogen) atoms. The Morgan fingerprint density at radius 2 is 2.33 bits per heavy atom. The lowest BCUT2D eigenvalue weighted by atomic mass is 10.2. The molecule has 0 radical (unpaired) electrons. The molecule has 78 valence electrons. The molecule has 0 atom stereocenters. The summed E-state index contributed by atoms with van der Waals surface area (Å²) in [5.74, 6) is 0. The molecule has 0 fully saturated rings. The summed E-state index contributed by atoms with van der Waals surface area (Å²) in [6.45, 7) is 2.94. The van der Waals surface area contributed by atoms with E-state index in [0.717, 1.165) is 11.0 Å². The van der Waals surface area contributed by atoms with E-state index in [2.05, 4.69) is 45.3 Å². The van der Waals surface area contributed by atoms with Crippen molar-refractivity contribution in [3.05, 3.63) is 44.8 Å². The minimum absolute atomic E-state index is 0.840. The highest BCUT2D eigenvalue weighted by Gasteiger charge is 1.99. The molecule has 0 aliphatic rings. The number of nitrogens with zero attached hydrogens (tertiary/aromatic N) is 1. The van der Waals surface area contributed by atoms with E-state index in [0.29, 0.717) is 0 Å². The number of aromatic nitrogens is 1. The van der Waals surface area contributed by atoms with E-state index in [1.165, 1.54) is 16.1 Å². The zero-order valence-corrected chi connectivity index (χ0v) is 10.7. The Morgan fingerprint density at radius 1 is 1.47 bits per heavy atom. The number of rotatable bonds is 3. The Labute approximate surface area is 101 Å². The van der Waals surface area contributed by atoms with Gasteiger partial charge in [-0.2, -0.15) is 0 Å². The number of aryl methyl sites for hydroxylation is 1. The van der Waals surface area contributed by atoms with Gasteiger partial charge in [-0.05, 0) is 30.7 Å². The maximum absolute atomic E-state index is 4.04. The predicted octanol–water partition coefficient (Wildman–Crippen LogP) is 3.83. The van der Waals surface area contributed by atoms with Crippen molar-refractivity contribution in [2.24, 2.45) is 0 Å². The summed E-state index contributed by atoms with van der Waals surface area (Å²) >= 11 is 5.12. The number of thiazole rings is 1. The monoisotopic (exact) mass is 282 g/mol. The van der Waals surface area contributed by atoms with Crippen LogP contribution < -0.4 is 5.32 Å². The van der Waals surface area contributed by atoms with Gasteiger partial charge in [0.2, 0.25) is 0 Å². The van der Waals surface area contributed by atoms with Gasteiger partial charge in [-0.3, -0.25) is 4.98 Å². The maximum Gasteiger partial charge on any atom is 0.0794 e. The van der Waals surface area contributed by atoms with Crippen LogP contribution in [-0.2, 0) is 6.54 Å². The number of halogens is 1. The second-order valence-corrected chi connectivity index (χ2v) is 5.17. The summed E-state index contributed by atoms with van der Waals surface area (Å²) in [4.78, 5) is 5.29. The van der Waals surface area contributed by atoms with Crippen molar-refractivity contribution in [3.8, 4) is 0 Å². The lowest BCUT2D eigenvalue weighted by molar-refractivity contribution is 1.16. The molecule has 1 aromatic carbocycles. The maximum atomic E-state index is 4.04. The van der Waals surface area contributed by atoms with Gasteiger partial charge >= 0.3 is 0 Å². The van der Waals surface area contributed by atoms with Crippen molar-refractivity contribution >= 4 is 33.0 Å². The fourth-order valence-corrected chi connectivity index (χ4v) is 2.35.